The highest BCUT2D eigenvalue weighted by Crippen LogP contribution is 2.32. The first-order valence-electron chi connectivity index (χ1n) is 5.98. The van der Waals surface area contributed by atoms with Crippen molar-refractivity contribution in [3.05, 3.63) is 47.6 Å². The zero-order valence-electron chi connectivity index (χ0n) is 10.7. The zero-order chi connectivity index (χ0) is 14.1. The molecule has 0 radical (unpaired) electrons. The smallest absolute Gasteiger partial charge is 0.162 e. The minimum absolute atomic E-state index is 0.0237. The molecule has 1 N–H and O–H groups in total. The van der Waals surface area contributed by atoms with Gasteiger partial charge in [0.2, 0.25) is 0 Å². The standard InChI is InChI=1S/C15H11ClN2O2/c1-20-13-8-11-10(7-12(13)19)17-14(15(16)18-11)9-5-3-2-4-6-9/h2-8,19H,1H3. The molecule has 2 aromatic carbocycles. The zero-order valence-corrected chi connectivity index (χ0v) is 11.4. The summed E-state index contributed by atoms with van der Waals surface area (Å²) in [5.41, 5.74) is 2.60. The lowest BCUT2D eigenvalue weighted by molar-refractivity contribution is 0.374. The Kier molecular flexibility index (Phi) is 3.16. The van der Waals surface area contributed by atoms with Crippen LogP contribution in [0.25, 0.3) is 22.3 Å². The molecule has 0 unspecified atom stereocenters. The first-order chi connectivity index (χ1) is 9.69. The Bertz CT molecular complexity index is 776. The van der Waals surface area contributed by atoms with Gasteiger partial charge < -0.3 is 9.84 Å². The minimum atomic E-state index is 0.0237. The van der Waals surface area contributed by atoms with E-state index in [9.17, 15) is 5.11 Å². The number of phenolic OH excluding ortho intramolecular Hbond substituents is 1. The van der Waals surface area contributed by atoms with Crippen molar-refractivity contribution in [2.24, 2.45) is 0 Å². The molecule has 4 nitrogen and oxygen atoms in total. The molecule has 20 heavy (non-hydrogen) atoms. The van der Waals surface area contributed by atoms with Crippen LogP contribution in [-0.2, 0) is 0 Å². The van der Waals surface area contributed by atoms with Crippen molar-refractivity contribution in [2.45, 2.75) is 0 Å². The monoisotopic (exact) mass is 286 g/mol. The minimum Gasteiger partial charge on any atom is -0.504 e. The average molecular weight is 287 g/mol. The van der Waals surface area contributed by atoms with Crippen molar-refractivity contribution >= 4 is 22.6 Å². The van der Waals surface area contributed by atoms with Gasteiger partial charge in [-0.05, 0) is 0 Å². The fraction of sp³-hybridized carbons (Fsp3) is 0.0667. The Morgan fingerprint density at radius 3 is 2.45 bits per heavy atom. The summed E-state index contributed by atoms with van der Waals surface area (Å²) in [4.78, 5) is 8.78. The van der Waals surface area contributed by atoms with Gasteiger partial charge in [0.05, 0.1) is 18.1 Å². The summed E-state index contributed by atoms with van der Waals surface area (Å²) in [5.74, 6) is 0.367. The summed E-state index contributed by atoms with van der Waals surface area (Å²) >= 11 is 6.20. The lowest BCUT2D eigenvalue weighted by Crippen LogP contribution is -1.93. The molecule has 0 aliphatic rings. The molecule has 0 aliphatic heterocycles. The SMILES string of the molecule is COc1cc2nc(Cl)c(-c3ccccc3)nc2cc1O. The van der Waals surface area contributed by atoms with Crippen molar-refractivity contribution in [2.75, 3.05) is 7.11 Å². The highest BCUT2D eigenvalue weighted by molar-refractivity contribution is 6.32. The van der Waals surface area contributed by atoms with Gasteiger partial charge in [-0.25, -0.2) is 9.97 Å². The number of rotatable bonds is 2. The number of nitrogens with zero attached hydrogens (tertiary/aromatic N) is 2. The summed E-state index contributed by atoms with van der Waals surface area (Å²) in [6.45, 7) is 0. The second kappa shape index (κ2) is 4.98. The van der Waals surface area contributed by atoms with Gasteiger partial charge >= 0.3 is 0 Å². The van der Waals surface area contributed by atoms with Gasteiger partial charge in [-0.1, -0.05) is 41.9 Å². The maximum atomic E-state index is 9.81. The molecule has 0 spiro atoms. The predicted octanol–water partition coefficient (Wildman–Crippen LogP) is 3.66. The van der Waals surface area contributed by atoms with Crippen LogP contribution >= 0.6 is 11.6 Å². The fourth-order valence-corrected chi connectivity index (χ4v) is 2.24. The Labute approximate surface area is 120 Å². The molecule has 100 valence electrons. The third kappa shape index (κ3) is 2.14. The van der Waals surface area contributed by atoms with Gasteiger partial charge in [-0.15, -0.1) is 0 Å². The van der Waals surface area contributed by atoms with Crippen LogP contribution in [0, 0.1) is 0 Å². The van der Waals surface area contributed by atoms with Crippen LogP contribution in [0.4, 0.5) is 0 Å². The molecule has 0 saturated heterocycles. The van der Waals surface area contributed by atoms with Crippen molar-refractivity contribution in [3.8, 4) is 22.8 Å². The normalized spacial score (nSPS) is 10.7. The number of methoxy groups -OCH3 is 1. The third-order valence-corrected chi connectivity index (χ3v) is 3.23. The number of fused-ring (bicyclic) bond motifs is 1. The molecule has 3 aromatic rings. The Balaban J connectivity index is 2.24. The van der Waals surface area contributed by atoms with Crippen molar-refractivity contribution in [1.29, 1.82) is 0 Å². The van der Waals surface area contributed by atoms with E-state index in [0.29, 0.717) is 27.6 Å². The maximum Gasteiger partial charge on any atom is 0.162 e. The molecule has 5 heteroatoms. The molecule has 0 fully saturated rings. The Morgan fingerprint density at radius 2 is 1.75 bits per heavy atom. The fourth-order valence-electron chi connectivity index (χ4n) is 1.99. The highest BCUT2D eigenvalue weighted by Gasteiger charge is 2.12. The van der Waals surface area contributed by atoms with Gasteiger partial charge in [0.25, 0.3) is 0 Å². The van der Waals surface area contributed by atoms with Gasteiger partial charge in [0.15, 0.2) is 16.7 Å². The summed E-state index contributed by atoms with van der Waals surface area (Å²) in [5, 5.41) is 10.1. The number of phenols is 1. The highest BCUT2D eigenvalue weighted by atomic mass is 35.5. The topological polar surface area (TPSA) is 55.2 Å². The predicted molar refractivity (Wildman–Crippen MR) is 78.2 cm³/mol. The molecule has 0 bridgehead atoms. The number of aromatic nitrogens is 2. The summed E-state index contributed by atoms with van der Waals surface area (Å²) in [7, 11) is 1.48. The van der Waals surface area contributed by atoms with Crippen LogP contribution in [0.1, 0.15) is 0 Å². The van der Waals surface area contributed by atoms with Crippen molar-refractivity contribution in [1.82, 2.24) is 9.97 Å². The van der Waals surface area contributed by atoms with Crippen LogP contribution in [0.15, 0.2) is 42.5 Å². The third-order valence-electron chi connectivity index (χ3n) is 2.97. The lowest BCUT2D eigenvalue weighted by atomic mass is 10.1. The molecular formula is C15H11ClN2O2. The number of aromatic hydroxyl groups is 1. The number of benzene rings is 2. The summed E-state index contributed by atoms with van der Waals surface area (Å²) < 4.78 is 5.05. The van der Waals surface area contributed by atoms with Crippen LogP contribution in [0.3, 0.4) is 0 Å². The van der Waals surface area contributed by atoms with Crippen LogP contribution in [0.5, 0.6) is 11.5 Å². The number of halogens is 1. The Hall–Kier alpha value is -2.33. The van der Waals surface area contributed by atoms with E-state index in [1.807, 2.05) is 30.3 Å². The van der Waals surface area contributed by atoms with E-state index in [1.54, 1.807) is 6.07 Å². The molecular weight excluding hydrogens is 276 g/mol. The first-order valence-corrected chi connectivity index (χ1v) is 6.36. The van der Waals surface area contributed by atoms with E-state index >= 15 is 0 Å². The maximum absolute atomic E-state index is 9.81. The molecule has 0 atom stereocenters. The summed E-state index contributed by atoms with van der Waals surface area (Å²) in [6, 6.07) is 12.7. The number of ether oxygens (including phenoxy) is 1. The average Bonchev–Trinajstić information content (AvgIpc) is 2.47. The second-order valence-electron chi connectivity index (χ2n) is 4.24. The van der Waals surface area contributed by atoms with Crippen molar-refractivity contribution < 1.29 is 9.84 Å². The van der Waals surface area contributed by atoms with Crippen molar-refractivity contribution in [3.63, 3.8) is 0 Å². The Morgan fingerprint density at radius 1 is 1.05 bits per heavy atom. The van der Waals surface area contributed by atoms with E-state index in [0.717, 1.165) is 5.56 Å². The molecule has 0 aliphatic carbocycles. The molecule has 0 amide bonds. The van der Waals surface area contributed by atoms with E-state index < -0.39 is 0 Å². The van der Waals surface area contributed by atoms with Crippen LogP contribution in [-0.4, -0.2) is 22.2 Å². The van der Waals surface area contributed by atoms with Gasteiger partial charge in [0.1, 0.15) is 5.69 Å². The van der Waals surface area contributed by atoms with Gasteiger partial charge in [-0.3, -0.25) is 0 Å². The molecule has 1 aromatic heterocycles. The molecule has 3 rings (SSSR count). The quantitative estimate of drug-likeness (QED) is 0.781. The van der Waals surface area contributed by atoms with Crippen LogP contribution in [0.2, 0.25) is 5.15 Å². The van der Waals surface area contributed by atoms with E-state index in [-0.39, 0.29) is 5.75 Å². The molecule has 1 heterocycles. The molecule has 0 saturated carbocycles. The second-order valence-corrected chi connectivity index (χ2v) is 4.60. The number of hydrogen-bond donors (Lipinski definition) is 1. The van der Waals surface area contributed by atoms with E-state index in [2.05, 4.69) is 9.97 Å². The number of hydrogen-bond acceptors (Lipinski definition) is 4. The van der Waals surface area contributed by atoms with Gasteiger partial charge in [0, 0.05) is 17.7 Å². The van der Waals surface area contributed by atoms with E-state index in [4.69, 9.17) is 16.3 Å². The lowest BCUT2D eigenvalue weighted by Gasteiger charge is -2.08. The largest absolute Gasteiger partial charge is 0.504 e. The summed E-state index contributed by atoms with van der Waals surface area (Å²) in [6.07, 6.45) is 0. The van der Waals surface area contributed by atoms with Crippen LogP contribution < -0.4 is 4.74 Å². The van der Waals surface area contributed by atoms with Gasteiger partial charge in [-0.2, -0.15) is 0 Å². The van der Waals surface area contributed by atoms with E-state index in [1.165, 1.54) is 13.2 Å². The first kappa shape index (κ1) is 12.7.